The molecule has 0 amide bonds. The highest BCUT2D eigenvalue weighted by Gasteiger charge is 2.33. The second kappa shape index (κ2) is 5.69. The summed E-state index contributed by atoms with van der Waals surface area (Å²) in [4.78, 5) is 37.8. The minimum Gasteiger partial charge on any atom is -0.756 e. The van der Waals surface area contributed by atoms with Gasteiger partial charge in [0.05, 0.1) is 19.8 Å². The van der Waals surface area contributed by atoms with Crippen molar-refractivity contribution in [2.24, 2.45) is 7.05 Å². The Bertz CT molecular complexity index is 841. The van der Waals surface area contributed by atoms with Crippen LogP contribution >= 0.6 is 7.82 Å². The summed E-state index contributed by atoms with van der Waals surface area (Å²) in [5, 5.41) is 0. The fraction of sp³-hybridized carbons (Fsp3) is 0.545. The number of phosphoric ester groups is 1. The number of fused-ring (bicyclic) bond motifs is 1. The van der Waals surface area contributed by atoms with Crippen LogP contribution in [0.15, 0.2) is 11.1 Å². The maximum atomic E-state index is 12.0. The number of hydrogen-bond donors (Lipinski definition) is 3. The van der Waals surface area contributed by atoms with E-state index in [1.54, 1.807) is 22.5 Å². The van der Waals surface area contributed by atoms with Crippen molar-refractivity contribution in [3.63, 3.8) is 0 Å². The molecule has 2 aromatic heterocycles. The van der Waals surface area contributed by atoms with Gasteiger partial charge in [-0.25, -0.2) is 4.57 Å². The Morgan fingerprint density at radius 1 is 1.70 bits per heavy atom. The largest absolute Gasteiger partial charge is 0.756 e. The minimum atomic E-state index is -4.77. The first-order valence-electron chi connectivity index (χ1n) is 6.84. The van der Waals surface area contributed by atoms with Gasteiger partial charge in [-0.05, 0) is 6.42 Å². The molecule has 0 radical (unpaired) electrons. The highest BCUT2D eigenvalue weighted by Crippen LogP contribution is 2.33. The van der Waals surface area contributed by atoms with Crippen LogP contribution in [0.3, 0.4) is 0 Å². The number of nitrogen functional groups attached to an aromatic ring is 1. The van der Waals surface area contributed by atoms with Crippen molar-refractivity contribution in [3.8, 4) is 0 Å². The minimum absolute atomic E-state index is 0.00657. The average molecular weight is 345 g/mol. The summed E-state index contributed by atoms with van der Waals surface area (Å²) < 4.78 is 24.0. The van der Waals surface area contributed by atoms with Crippen LogP contribution in [0.1, 0.15) is 19.1 Å². The Hall–Kier alpha value is -1.78. The number of nitrogens with two attached hydrogens (primary N) is 1. The normalized spacial score (nSPS) is 24.1. The van der Waals surface area contributed by atoms with Crippen LogP contribution in [-0.2, 0) is 20.9 Å². The van der Waals surface area contributed by atoms with Gasteiger partial charge in [0.25, 0.3) is 19.3 Å². The predicted molar refractivity (Wildman–Crippen MR) is 74.9 cm³/mol. The molecule has 4 N–H and O–H groups in total. The smallest absolute Gasteiger partial charge is 0.313 e. The number of rotatable bonds is 4. The zero-order valence-electron chi connectivity index (χ0n) is 12.2. The predicted octanol–water partition coefficient (Wildman–Crippen LogP) is -1.71. The number of H-pyrrole nitrogens is 1. The number of aromatic amines is 1. The monoisotopic (exact) mass is 345 g/mol. The molecule has 0 spiro atoms. The number of ether oxygens (including phenoxy) is 1. The van der Waals surface area contributed by atoms with Gasteiger partial charge in [0.15, 0.2) is 12.6 Å². The lowest BCUT2D eigenvalue weighted by Crippen LogP contribution is -2.39. The Morgan fingerprint density at radius 2 is 2.43 bits per heavy atom. The molecule has 1 aliphatic heterocycles. The molecule has 1 saturated heterocycles. The number of aromatic nitrogens is 4. The second-order valence-electron chi connectivity index (χ2n) is 5.31. The van der Waals surface area contributed by atoms with E-state index in [9.17, 15) is 14.3 Å². The quantitative estimate of drug-likeness (QED) is 0.436. The summed E-state index contributed by atoms with van der Waals surface area (Å²) in [7, 11) is -3.08. The van der Waals surface area contributed by atoms with Crippen molar-refractivity contribution in [2.75, 3.05) is 12.3 Å². The van der Waals surface area contributed by atoms with Crippen molar-refractivity contribution >= 4 is 24.9 Å². The number of nitrogens with zero attached hydrogens (tertiary/aromatic N) is 3. The summed E-state index contributed by atoms with van der Waals surface area (Å²) in [5.41, 5.74) is 5.94. The topological polar surface area (TPSA) is 159 Å². The third-order valence-electron chi connectivity index (χ3n) is 3.61. The van der Waals surface area contributed by atoms with Gasteiger partial charge in [-0.1, -0.05) is 4.98 Å². The lowest BCUT2D eigenvalue weighted by Gasteiger charge is -2.18. The number of aryl methyl sites for hydroxylation is 1. The van der Waals surface area contributed by atoms with Gasteiger partial charge >= 0.3 is 5.65 Å². The molecule has 3 atom stereocenters. The van der Waals surface area contributed by atoms with Crippen molar-refractivity contribution in [1.29, 1.82) is 0 Å². The number of imidazole rings is 1. The second-order valence-corrected chi connectivity index (χ2v) is 6.51. The van der Waals surface area contributed by atoms with Gasteiger partial charge in [0, 0.05) is 6.42 Å². The molecule has 11 nitrogen and oxygen atoms in total. The molecule has 0 aromatic carbocycles. The number of anilines is 1. The summed E-state index contributed by atoms with van der Waals surface area (Å²) in [5.74, 6) is -0.00657. The molecule has 0 saturated carbocycles. The zero-order valence-corrected chi connectivity index (χ0v) is 13.1. The molecular formula is C11H16N5O6P. The highest BCUT2D eigenvalue weighted by molar-refractivity contribution is 7.44. The molecule has 0 aliphatic carbocycles. The Balaban J connectivity index is 1.85. The van der Waals surface area contributed by atoms with Crippen LogP contribution in [0.25, 0.3) is 11.2 Å². The molecule has 0 bridgehead atoms. The van der Waals surface area contributed by atoms with Crippen LogP contribution in [-0.4, -0.2) is 32.1 Å². The van der Waals surface area contributed by atoms with Crippen LogP contribution in [0, 0.1) is 0 Å². The van der Waals surface area contributed by atoms with Gasteiger partial charge in [0.2, 0.25) is 5.52 Å². The Kier molecular flexibility index (Phi) is 3.98. The molecule has 1 fully saturated rings. The Labute approximate surface area is 129 Å². The lowest BCUT2D eigenvalue weighted by atomic mass is 10.2. The van der Waals surface area contributed by atoms with E-state index in [1.807, 2.05) is 0 Å². The molecule has 1 aliphatic rings. The maximum absolute atomic E-state index is 12.0. The molecule has 12 heteroatoms. The van der Waals surface area contributed by atoms with Crippen molar-refractivity contribution < 1.29 is 28.2 Å². The average Bonchev–Trinajstić information content (AvgIpc) is 3.00. The van der Waals surface area contributed by atoms with E-state index >= 15 is 0 Å². The maximum Gasteiger partial charge on any atom is 0.313 e. The first-order chi connectivity index (χ1) is 10.7. The van der Waals surface area contributed by atoms with Crippen LogP contribution in [0.2, 0.25) is 0 Å². The van der Waals surface area contributed by atoms with Gasteiger partial charge in [-0.3, -0.25) is 18.9 Å². The molecule has 1 unspecified atom stereocenters. The lowest BCUT2D eigenvalue weighted by molar-refractivity contribution is -0.739. The van der Waals surface area contributed by atoms with Crippen LogP contribution in [0.5, 0.6) is 0 Å². The van der Waals surface area contributed by atoms with Gasteiger partial charge < -0.3 is 24.8 Å². The number of nitrogens with one attached hydrogen (secondary N) is 1. The molecule has 2 aromatic rings. The fourth-order valence-corrected chi connectivity index (χ4v) is 3.03. The van der Waals surface area contributed by atoms with Crippen LogP contribution < -0.4 is 20.8 Å². The molecule has 3 rings (SSSR count). The Morgan fingerprint density at radius 3 is 3.13 bits per heavy atom. The van der Waals surface area contributed by atoms with Crippen molar-refractivity contribution in [1.82, 2.24) is 14.5 Å². The first-order valence-corrected chi connectivity index (χ1v) is 8.34. The SMILES string of the molecule is Cn1c[n+]([C@H]2CC[C@@H](COP(=O)([O-])O)O2)c2nc(N)[nH]c(=O)c21. The van der Waals surface area contributed by atoms with E-state index in [0.29, 0.717) is 24.0 Å². The molecule has 126 valence electrons. The van der Waals surface area contributed by atoms with Crippen molar-refractivity contribution in [3.05, 3.63) is 16.7 Å². The molecule has 3 heterocycles. The van der Waals surface area contributed by atoms with E-state index in [0.717, 1.165) is 0 Å². The highest BCUT2D eigenvalue weighted by atomic mass is 31.2. The third-order valence-corrected chi connectivity index (χ3v) is 4.08. The summed E-state index contributed by atoms with van der Waals surface area (Å²) in [6.45, 7) is -0.269. The molecule has 23 heavy (non-hydrogen) atoms. The summed E-state index contributed by atoms with van der Waals surface area (Å²) in [6.07, 6.45) is 1.83. The van der Waals surface area contributed by atoms with E-state index in [-0.39, 0.29) is 18.1 Å². The standard InChI is InChI=1S/C11H16N5O6P/c1-15-5-16(9-8(15)10(17)14-11(12)13-9)7-3-2-6(22-7)4-21-23(18,19)20/h5-7H,2-4H2,1H3,(H4-,12,13,14,17,18,19,20)/t6-,7+/m0/s1. The number of phosphoric acid groups is 1. The van der Waals surface area contributed by atoms with Gasteiger partial charge in [-0.2, -0.15) is 0 Å². The third kappa shape index (κ3) is 3.28. The van der Waals surface area contributed by atoms with E-state index < -0.39 is 20.2 Å². The fourth-order valence-electron chi connectivity index (χ4n) is 2.67. The van der Waals surface area contributed by atoms with Gasteiger partial charge in [-0.15, -0.1) is 0 Å². The van der Waals surface area contributed by atoms with E-state index in [4.69, 9.17) is 15.4 Å². The van der Waals surface area contributed by atoms with E-state index in [1.165, 1.54) is 0 Å². The van der Waals surface area contributed by atoms with Crippen molar-refractivity contribution in [2.45, 2.75) is 25.2 Å². The number of hydrogen-bond acceptors (Lipinski definition) is 7. The summed E-state index contributed by atoms with van der Waals surface area (Å²) in [6, 6.07) is 0. The summed E-state index contributed by atoms with van der Waals surface area (Å²) >= 11 is 0. The molecular weight excluding hydrogens is 329 g/mol. The van der Waals surface area contributed by atoms with E-state index in [2.05, 4.69) is 14.5 Å². The van der Waals surface area contributed by atoms with Gasteiger partial charge in [0.1, 0.15) is 0 Å². The zero-order chi connectivity index (χ0) is 16.8. The first kappa shape index (κ1) is 16.1. The van der Waals surface area contributed by atoms with Crippen LogP contribution in [0.4, 0.5) is 5.95 Å².